The van der Waals surface area contributed by atoms with Gasteiger partial charge in [-0.1, -0.05) is 48.0 Å². The van der Waals surface area contributed by atoms with Crippen molar-refractivity contribution in [2.24, 2.45) is 5.92 Å². The lowest BCUT2D eigenvalue weighted by molar-refractivity contribution is 0.371. The first-order chi connectivity index (χ1) is 9.29. The molecule has 1 aliphatic rings. The SMILES string of the molecule is Cc1ccc(N2C[C@@H](C#N)[C@@H]2c2ccccc2)cc1. The van der Waals surface area contributed by atoms with Crippen LogP contribution in [0, 0.1) is 24.2 Å². The van der Waals surface area contributed by atoms with Crippen molar-refractivity contribution in [1.82, 2.24) is 0 Å². The molecule has 2 heteroatoms. The molecule has 1 saturated heterocycles. The Hall–Kier alpha value is -2.27. The number of benzene rings is 2. The fourth-order valence-electron chi connectivity index (χ4n) is 2.68. The van der Waals surface area contributed by atoms with Gasteiger partial charge < -0.3 is 4.90 Å². The molecule has 2 aromatic carbocycles. The fourth-order valence-corrected chi connectivity index (χ4v) is 2.68. The lowest BCUT2D eigenvalue weighted by atomic mass is 9.84. The van der Waals surface area contributed by atoms with E-state index in [1.807, 2.05) is 18.2 Å². The number of nitriles is 1. The van der Waals surface area contributed by atoms with Crippen molar-refractivity contribution in [2.75, 3.05) is 11.4 Å². The molecule has 1 fully saturated rings. The summed E-state index contributed by atoms with van der Waals surface area (Å²) in [6, 6.07) is 21.4. The molecule has 0 amide bonds. The van der Waals surface area contributed by atoms with Crippen molar-refractivity contribution >= 4 is 5.69 Å². The summed E-state index contributed by atoms with van der Waals surface area (Å²) >= 11 is 0. The molecule has 0 saturated carbocycles. The zero-order valence-corrected chi connectivity index (χ0v) is 11.0. The highest BCUT2D eigenvalue weighted by Gasteiger charge is 2.40. The second kappa shape index (κ2) is 4.78. The predicted molar refractivity (Wildman–Crippen MR) is 76.8 cm³/mol. The van der Waals surface area contributed by atoms with E-state index in [0.717, 1.165) is 6.54 Å². The van der Waals surface area contributed by atoms with E-state index in [-0.39, 0.29) is 12.0 Å². The molecule has 0 unspecified atom stereocenters. The predicted octanol–water partition coefficient (Wildman–Crippen LogP) is 3.70. The van der Waals surface area contributed by atoms with Crippen LogP contribution in [0.5, 0.6) is 0 Å². The molecular formula is C17H16N2. The number of hydrogen-bond donors (Lipinski definition) is 0. The molecule has 0 spiro atoms. The van der Waals surface area contributed by atoms with Crippen molar-refractivity contribution in [1.29, 1.82) is 5.26 Å². The highest BCUT2D eigenvalue weighted by atomic mass is 15.2. The van der Waals surface area contributed by atoms with Gasteiger partial charge in [0.1, 0.15) is 0 Å². The van der Waals surface area contributed by atoms with Crippen LogP contribution in [0.3, 0.4) is 0 Å². The number of nitrogens with zero attached hydrogens (tertiary/aromatic N) is 2. The summed E-state index contributed by atoms with van der Waals surface area (Å²) in [5.41, 5.74) is 3.68. The number of hydrogen-bond acceptors (Lipinski definition) is 2. The van der Waals surface area contributed by atoms with Gasteiger partial charge in [-0.15, -0.1) is 0 Å². The van der Waals surface area contributed by atoms with Crippen molar-refractivity contribution in [2.45, 2.75) is 13.0 Å². The lowest BCUT2D eigenvalue weighted by Gasteiger charge is -2.47. The molecule has 0 radical (unpaired) electrons. The van der Waals surface area contributed by atoms with Gasteiger partial charge in [-0.05, 0) is 24.6 Å². The van der Waals surface area contributed by atoms with Gasteiger partial charge in [0, 0.05) is 12.2 Å². The fraction of sp³-hybridized carbons (Fsp3) is 0.235. The van der Waals surface area contributed by atoms with Gasteiger partial charge in [-0.25, -0.2) is 0 Å². The third kappa shape index (κ3) is 2.08. The summed E-state index contributed by atoms with van der Waals surface area (Å²) in [4.78, 5) is 2.31. The van der Waals surface area contributed by atoms with Crippen LogP contribution in [0.25, 0.3) is 0 Å². The van der Waals surface area contributed by atoms with E-state index in [1.54, 1.807) is 0 Å². The van der Waals surface area contributed by atoms with Gasteiger partial charge in [0.05, 0.1) is 18.0 Å². The third-order valence-corrected chi connectivity index (χ3v) is 3.78. The maximum atomic E-state index is 9.25. The molecule has 1 aliphatic heterocycles. The van der Waals surface area contributed by atoms with E-state index < -0.39 is 0 Å². The average Bonchev–Trinajstić information content (AvgIpc) is 2.41. The van der Waals surface area contributed by atoms with Gasteiger partial charge >= 0.3 is 0 Å². The first-order valence-corrected chi connectivity index (χ1v) is 6.57. The van der Waals surface area contributed by atoms with E-state index in [0.29, 0.717) is 0 Å². The summed E-state index contributed by atoms with van der Waals surface area (Å²) in [6.07, 6.45) is 0. The smallest absolute Gasteiger partial charge is 0.0883 e. The van der Waals surface area contributed by atoms with Gasteiger partial charge in [0.15, 0.2) is 0 Å². The van der Waals surface area contributed by atoms with Crippen LogP contribution in [0.15, 0.2) is 54.6 Å². The van der Waals surface area contributed by atoms with Gasteiger partial charge in [-0.3, -0.25) is 0 Å². The largest absolute Gasteiger partial charge is 0.362 e. The Morgan fingerprint density at radius 2 is 1.74 bits per heavy atom. The highest BCUT2D eigenvalue weighted by Crippen LogP contribution is 2.41. The second-order valence-electron chi connectivity index (χ2n) is 5.08. The molecule has 0 N–H and O–H groups in total. The molecule has 1 heterocycles. The number of anilines is 1. The molecule has 2 nitrogen and oxygen atoms in total. The van der Waals surface area contributed by atoms with Crippen LogP contribution in [0.4, 0.5) is 5.69 Å². The van der Waals surface area contributed by atoms with Crippen molar-refractivity contribution < 1.29 is 0 Å². The van der Waals surface area contributed by atoms with Crippen LogP contribution in [-0.2, 0) is 0 Å². The Morgan fingerprint density at radius 3 is 2.37 bits per heavy atom. The van der Waals surface area contributed by atoms with Gasteiger partial charge in [0.2, 0.25) is 0 Å². The maximum absolute atomic E-state index is 9.25. The quantitative estimate of drug-likeness (QED) is 0.810. The average molecular weight is 248 g/mol. The monoisotopic (exact) mass is 248 g/mol. The molecule has 0 aliphatic carbocycles. The minimum atomic E-state index is 0.0868. The third-order valence-electron chi connectivity index (χ3n) is 3.78. The van der Waals surface area contributed by atoms with E-state index in [4.69, 9.17) is 0 Å². The van der Waals surface area contributed by atoms with Crippen molar-refractivity contribution in [3.05, 3.63) is 65.7 Å². The van der Waals surface area contributed by atoms with Gasteiger partial charge in [0.25, 0.3) is 0 Å². The lowest BCUT2D eigenvalue weighted by Crippen LogP contribution is -2.49. The first kappa shape index (κ1) is 11.8. The zero-order chi connectivity index (χ0) is 13.2. The Bertz CT molecular complexity index is 595. The molecule has 3 rings (SSSR count). The summed E-state index contributed by atoms with van der Waals surface area (Å²) in [5, 5.41) is 9.25. The molecule has 0 bridgehead atoms. The highest BCUT2D eigenvalue weighted by molar-refractivity contribution is 5.54. The van der Waals surface area contributed by atoms with Crippen molar-refractivity contribution in [3.8, 4) is 6.07 Å². The summed E-state index contributed by atoms with van der Waals surface area (Å²) in [6.45, 7) is 2.91. The molecule has 19 heavy (non-hydrogen) atoms. The van der Waals surface area contributed by atoms with Crippen LogP contribution in [-0.4, -0.2) is 6.54 Å². The Labute approximate surface area is 113 Å². The molecule has 2 aromatic rings. The minimum Gasteiger partial charge on any atom is -0.362 e. The summed E-state index contributed by atoms with van der Waals surface area (Å²) in [7, 11) is 0. The molecule has 0 aromatic heterocycles. The Kier molecular flexibility index (Phi) is 2.97. The van der Waals surface area contributed by atoms with E-state index in [9.17, 15) is 5.26 Å². The number of rotatable bonds is 2. The van der Waals surface area contributed by atoms with Gasteiger partial charge in [-0.2, -0.15) is 5.26 Å². The Balaban J connectivity index is 1.91. The van der Waals surface area contributed by atoms with E-state index in [2.05, 4.69) is 54.3 Å². The second-order valence-corrected chi connectivity index (χ2v) is 5.08. The van der Waals surface area contributed by atoms with Crippen molar-refractivity contribution in [3.63, 3.8) is 0 Å². The minimum absolute atomic E-state index is 0.0868. The maximum Gasteiger partial charge on any atom is 0.0883 e. The first-order valence-electron chi connectivity index (χ1n) is 6.57. The zero-order valence-electron chi connectivity index (χ0n) is 11.0. The standard InChI is InChI=1S/C17H16N2/c1-13-7-9-16(10-8-13)19-12-15(11-18)17(19)14-5-3-2-4-6-14/h2-10,15,17H,12H2,1H3/t15-,17+/m1/s1. The van der Waals surface area contributed by atoms with E-state index >= 15 is 0 Å². The Morgan fingerprint density at radius 1 is 1.05 bits per heavy atom. The van der Waals surface area contributed by atoms with Crippen LogP contribution in [0.1, 0.15) is 17.2 Å². The summed E-state index contributed by atoms with van der Waals surface area (Å²) in [5.74, 6) is 0.0868. The molecular weight excluding hydrogens is 232 g/mol. The number of aryl methyl sites for hydroxylation is 1. The van der Waals surface area contributed by atoms with Crippen LogP contribution in [0.2, 0.25) is 0 Å². The normalized spacial score (nSPS) is 21.6. The summed E-state index contributed by atoms with van der Waals surface area (Å²) < 4.78 is 0. The molecule has 94 valence electrons. The van der Waals surface area contributed by atoms with Crippen LogP contribution < -0.4 is 4.90 Å². The van der Waals surface area contributed by atoms with E-state index in [1.165, 1.54) is 16.8 Å². The van der Waals surface area contributed by atoms with Crippen LogP contribution >= 0.6 is 0 Å². The topological polar surface area (TPSA) is 27.0 Å². The molecule has 2 atom stereocenters.